The molecule has 0 amide bonds. The maximum Gasteiger partial charge on any atom is 0.165 e. The third kappa shape index (κ3) is 3.53. The second-order valence-corrected chi connectivity index (χ2v) is 5.61. The fourth-order valence-electron chi connectivity index (χ4n) is 2.14. The Kier molecular flexibility index (Phi) is 5.17. The van der Waals surface area contributed by atoms with Crippen LogP contribution in [0.5, 0.6) is 11.5 Å². The van der Waals surface area contributed by atoms with E-state index in [0.717, 1.165) is 11.6 Å². The van der Waals surface area contributed by atoms with Gasteiger partial charge in [0, 0.05) is 10.4 Å². The minimum absolute atomic E-state index is 0.104. The standard InChI is InChI=1S/C16H15BrF2O2/c1-20-15-5-3-4-11(16(15)21-2)12(17)8-10-6-7-13(18)14(19)9-10/h3-7,9,12H,8H2,1-2H3. The van der Waals surface area contributed by atoms with Gasteiger partial charge in [-0.1, -0.05) is 34.1 Å². The van der Waals surface area contributed by atoms with Crippen molar-refractivity contribution >= 4 is 15.9 Å². The summed E-state index contributed by atoms with van der Waals surface area (Å²) < 4.78 is 36.9. The first-order valence-electron chi connectivity index (χ1n) is 6.35. The number of hydrogen-bond donors (Lipinski definition) is 0. The number of ether oxygens (including phenoxy) is 2. The molecule has 2 rings (SSSR count). The Bertz CT molecular complexity index is 632. The van der Waals surface area contributed by atoms with Gasteiger partial charge < -0.3 is 9.47 Å². The minimum atomic E-state index is -0.844. The molecule has 2 aromatic rings. The maximum absolute atomic E-state index is 13.3. The highest BCUT2D eigenvalue weighted by Gasteiger charge is 2.17. The van der Waals surface area contributed by atoms with E-state index in [-0.39, 0.29) is 4.83 Å². The first-order chi connectivity index (χ1) is 10.1. The normalized spacial score (nSPS) is 12.0. The third-order valence-corrected chi connectivity index (χ3v) is 3.99. The summed E-state index contributed by atoms with van der Waals surface area (Å²) in [6, 6.07) is 9.47. The van der Waals surface area contributed by atoms with Crippen molar-refractivity contribution in [2.45, 2.75) is 11.2 Å². The zero-order valence-electron chi connectivity index (χ0n) is 11.7. The fourth-order valence-corrected chi connectivity index (χ4v) is 2.88. The van der Waals surface area contributed by atoms with Crippen LogP contribution in [0, 0.1) is 11.6 Å². The lowest BCUT2D eigenvalue weighted by Gasteiger charge is -2.17. The molecule has 0 radical (unpaired) electrons. The van der Waals surface area contributed by atoms with Crippen molar-refractivity contribution in [1.29, 1.82) is 0 Å². The molecular weight excluding hydrogens is 342 g/mol. The summed E-state index contributed by atoms with van der Waals surface area (Å²) in [5.74, 6) is -0.428. The average Bonchev–Trinajstić information content (AvgIpc) is 2.49. The Morgan fingerprint density at radius 3 is 2.43 bits per heavy atom. The zero-order valence-corrected chi connectivity index (χ0v) is 13.3. The second kappa shape index (κ2) is 6.89. The first-order valence-corrected chi connectivity index (χ1v) is 7.27. The van der Waals surface area contributed by atoms with E-state index in [0.29, 0.717) is 23.5 Å². The Labute approximate surface area is 130 Å². The predicted molar refractivity (Wildman–Crippen MR) is 81.3 cm³/mol. The van der Waals surface area contributed by atoms with Crippen LogP contribution in [-0.2, 0) is 6.42 Å². The quantitative estimate of drug-likeness (QED) is 0.725. The van der Waals surface area contributed by atoms with Gasteiger partial charge in [-0.15, -0.1) is 0 Å². The SMILES string of the molecule is COc1cccc(C(Br)Cc2ccc(F)c(F)c2)c1OC. The Balaban J connectivity index is 2.27. The fraction of sp³-hybridized carbons (Fsp3) is 0.250. The lowest BCUT2D eigenvalue weighted by atomic mass is 10.0. The van der Waals surface area contributed by atoms with Crippen molar-refractivity contribution in [3.63, 3.8) is 0 Å². The molecule has 1 atom stereocenters. The van der Waals surface area contributed by atoms with Gasteiger partial charge in [0.2, 0.25) is 0 Å². The van der Waals surface area contributed by atoms with Crippen LogP contribution in [-0.4, -0.2) is 14.2 Å². The van der Waals surface area contributed by atoms with E-state index < -0.39 is 11.6 Å². The van der Waals surface area contributed by atoms with Crippen molar-refractivity contribution in [2.75, 3.05) is 14.2 Å². The van der Waals surface area contributed by atoms with Crippen LogP contribution >= 0.6 is 15.9 Å². The van der Waals surface area contributed by atoms with Crippen LogP contribution in [0.15, 0.2) is 36.4 Å². The van der Waals surface area contributed by atoms with Gasteiger partial charge in [0.05, 0.1) is 14.2 Å². The molecule has 0 spiro atoms. The molecule has 0 aliphatic rings. The first kappa shape index (κ1) is 15.8. The highest BCUT2D eigenvalue weighted by molar-refractivity contribution is 9.09. The minimum Gasteiger partial charge on any atom is -0.493 e. The van der Waals surface area contributed by atoms with E-state index in [1.165, 1.54) is 6.07 Å². The van der Waals surface area contributed by atoms with Crippen molar-refractivity contribution in [2.24, 2.45) is 0 Å². The van der Waals surface area contributed by atoms with Gasteiger partial charge in [0.15, 0.2) is 23.1 Å². The number of rotatable bonds is 5. The second-order valence-electron chi connectivity index (χ2n) is 4.50. The molecule has 0 aliphatic carbocycles. The third-order valence-electron chi connectivity index (χ3n) is 3.17. The van der Waals surface area contributed by atoms with Gasteiger partial charge in [-0.05, 0) is 30.2 Å². The van der Waals surface area contributed by atoms with Crippen molar-refractivity contribution < 1.29 is 18.3 Å². The molecule has 112 valence electrons. The summed E-state index contributed by atoms with van der Waals surface area (Å²) in [6.07, 6.45) is 0.501. The molecule has 0 fully saturated rings. The average molecular weight is 357 g/mol. The Morgan fingerprint density at radius 1 is 1.05 bits per heavy atom. The van der Waals surface area contributed by atoms with E-state index in [4.69, 9.17) is 9.47 Å². The van der Waals surface area contributed by atoms with Crippen LogP contribution in [0.2, 0.25) is 0 Å². The molecule has 0 N–H and O–H groups in total. The molecule has 1 unspecified atom stereocenters. The lowest BCUT2D eigenvalue weighted by Crippen LogP contribution is -2.01. The predicted octanol–water partition coefficient (Wildman–Crippen LogP) is 4.66. The number of para-hydroxylation sites is 1. The number of methoxy groups -OCH3 is 2. The summed E-state index contributed by atoms with van der Waals surface area (Å²) >= 11 is 3.57. The monoisotopic (exact) mass is 356 g/mol. The van der Waals surface area contributed by atoms with E-state index >= 15 is 0 Å². The summed E-state index contributed by atoms with van der Waals surface area (Å²) in [6.45, 7) is 0. The van der Waals surface area contributed by atoms with E-state index in [1.54, 1.807) is 26.4 Å². The topological polar surface area (TPSA) is 18.5 Å². The molecule has 2 nitrogen and oxygen atoms in total. The molecule has 5 heteroatoms. The molecule has 0 bridgehead atoms. The number of hydrogen-bond acceptors (Lipinski definition) is 2. The van der Waals surface area contributed by atoms with Crippen LogP contribution < -0.4 is 9.47 Å². The van der Waals surface area contributed by atoms with Gasteiger partial charge in [0.25, 0.3) is 0 Å². The van der Waals surface area contributed by atoms with E-state index in [1.807, 2.05) is 12.1 Å². The largest absolute Gasteiger partial charge is 0.493 e. The molecule has 0 heterocycles. The van der Waals surface area contributed by atoms with Crippen molar-refractivity contribution in [3.05, 3.63) is 59.2 Å². The Hall–Kier alpha value is -1.62. The van der Waals surface area contributed by atoms with Crippen LogP contribution in [0.1, 0.15) is 16.0 Å². The summed E-state index contributed by atoms with van der Waals surface area (Å²) in [5, 5.41) is 0. The van der Waals surface area contributed by atoms with Gasteiger partial charge >= 0.3 is 0 Å². The molecule has 0 aromatic heterocycles. The number of benzene rings is 2. The van der Waals surface area contributed by atoms with Gasteiger partial charge in [0.1, 0.15) is 0 Å². The van der Waals surface area contributed by atoms with Gasteiger partial charge in [-0.25, -0.2) is 8.78 Å². The molecule has 0 saturated heterocycles. The summed E-state index contributed by atoms with van der Waals surface area (Å²) in [5.41, 5.74) is 1.59. The molecule has 0 saturated carbocycles. The van der Waals surface area contributed by atoms with Crippen LogP contribution in [0.25, 0.3) is 0 Å². The smallest absolute Gasteiger partial charge is 0.165 e. The van der Waals surface area contributed by atoms with Crippen molar-refractivity contribution in [3.8, 4) is 11.5 Å². The number of halogens is 3. The molecular formula is C16H15BrF2O2. The molecule has 0 aliphatic heterocycles. The summed E-state index contributed by atoms with van der Waals surface area (Å²) in [4.78, 5) is -0.104. The Morgan fingerprint density at radius 2 is 1.81 bits per heavy atom. The highest BCUT2D eigenvalue weighted by atomic mass is 79.9. The summed E-state index contributed by atoms with van der Waals surface area (Å²) in [7, 11) is 3.14. The van der Waals surface area contributed by atoms with E-state index in [2.05, 4.69) is 15.9 Å². The van der Waals surface area contributed by atoms with Crippen LogP contribution in [0.3, 0.4) is 0 Å². The van der Waals surface area contributed by atoms with Gasteiger partial charge in [-0.3, -0.25) is 0 Å². The number of alkyl halides is 1. The lowest BCUT2D eigenvalue weighted by molar-refractivity contribution is 0.351. The highest BCUT2D eigenvalue weighted by Crippen LogP contribution is 2.39. The zero-order chi connectivity index (χ0) is 15.4. The molecule has 2 aromatic carbocycles. The van der Waals surface area contributed by atoms with E-state index in [9.17, 15) is 8.78 Å². The van der Waals surface area contributed by atoms with Gasteiger partial charge in [-0.2, -0.15) is 0 Å². The maximum atomic E-state index is 13.3. The van der Waals surface area contributed by atoms with Crippen molar-refractivity contribution in [1.82, 2.24) is 0 Å². The molecule has 21 heavy (non-hydrogen) atoms. The van der Waals surface area contributed by atoms with Crippen LogP contribution in [0.4, 0.5) is 8.78 Å².